The van der Waals surface area contributed by atoms with Gasteiger partial charge in [0.05, 0.1) is 4.90 Å². The Bertz CT molecular complexity index is 593. The molecule has 1 unspecified atom stereocenters. The van der Waals surface area contributed by atoms with E-state index in [-0.39, 0.29) is 10.3 Å². The van der Waals surface area contributed by atoms with Gasteiger partial charge in [0, 0.05) is 17.6 Å². The number of nitrogens with zero attached hydrogens (tertiary/aromatic N) is 1. The smallest absolute Gasteiger partial charge is 0.244 e. The van der Waals surface area contributed by atoms with Crippen LogP contribution in [0.4, 0.5) is 4.39 Å². The molecule has 2 N–H and O–H groups in total. The minimum Gasteiger partial charge on any atom is -0.330 e. The van der Waals surface area contributed by atoms with Crippen LogP contribution in [-0.2, 0) is 10.0 Å². The highest BCUT2D eigenvalue weighted by Gasteiger charge is 2.39. The highest BCUT2D eigenvalue weighted by molar-refractivity contribution is 9.10. The van der Waals surface area contributed by atoms with E-state index in [0.717, 1.165) is 12.5 Å². The van der Waals surface area contributed by atoms with Gasteiger partial charge in [-0.05, 0) is 52.5 Å². The van der Waals surface area contributed by atoms with Crippen molar-refractivity contribution in [2.75, 3.05) is 19.6 Å². The Hall–Kier alpha value is -0.500. The fraction of sp³-hybridized carbons (Fsp3) is 0.500. The van der Waals surface area contributed by atoms with Crippen LogP contribution < -0.4 is 5.73 Å². The fourth-order valence-corrected chi connectivity index (χ4v) is 4.69. The molecule has 19 heavy (non-hydrogen) atoms. The molecule has 1 heterocycles. The van der Waals surface area contributed by atoms with Crippen molar-refractivity contribution in [1.82, 2.24) is 4.31 Å². The Balaban J connectivity index is 2.36. The second-order valence-electron chi connectivity index (χ2n) is 5.18. The molecule has 0 spiro atoms. The summed E-state index contributed by atoms with van der Waals surface area (Å²) in [6.45, 7) is 3.18. The maximum Gasteiger partial charge on any atom is 0.244 e. The summed E-state index contributed by atoms with van der Waals surface area (Å²) >= 11 is 3.16. The van der Waals surface area contributed by atoms with Gasteiger partial charge < -0.3 is 5.73 Å². The first-order valence-corrected chi connectivity index (χ1v) is 8.17. The zero-order valence-corrected chi connectivity index (χ0v) is 13.0. The van der Waals surface area contributed by atoms with Crippen molar-refractivity contribution in [3.8, 4) is 0 Å². The van der Waals surface area contributed by atoms with Gasteiger partial charge in [0.15, 0.2) is 0 Å². The fourth-order valence-electron chi connectivity index (χ4n) is 2.16. The molecule has 7 heteroatoms. The van der Waals surface area contributed by atoms with Crippen molar-refractivity contribution in [1.29, 1.82) is 0 Å². The molecule has 0 saturated carbocycles. The van der Waals surface area contributed by atoms with Crippen LogP contribution in [0.3, 0.4) is 0 Å². The molecule has 1 fully saturated rings. The quantitative estimate of drug-likeness (QED) is 0.905. The van der Waals surface area contributed by atoms with Crippen molar-refractivity contribution < 1.29 is 12.8 Å². The van der Waals surface area contributed by atoms with Crippen LogP contribution in [0.1, 0.15) is 13.3 Å². The molecule has 4 nitrogen and oxygen atoms in total. The predicted molar refractivity (Wildman–Crippen MR) is 74.6 cm³/mol. The number of rotatable bonds is 3. The van der Waals surface area contributed by atoms with E-state index in [4.69, 9.17) is 5.73 Å². The lowest BCUT2D eigenvalue weighted by Gasteiger charge is -2.22. The number of nitrogens with two attached hydrogens (primary N) is 1. The lowest BCUT2D eigenvalue weighted by Crippen LogP contribution is -2.34. The summed E-state index contributed by atoms with van der Waals surface area (Å²) in [6, 6.07) is 3.66. The zero-order chi connectivity index (χ0) is 14.3. The SMILES string of the molecule is CC1(CN)CCN(S(=O)(=O)c2cc(F)ccc2Br)C1. The van der Waals surface area contributed by atoms with E-state index in [9.17, 15) is 12.8 Å². The monoisotopic (exact) mass is 350 g/mol. The molecular weight excluding hydrogens is 335 g/mol. The van der Waals surface area contributed by atoms with Crippen LogP contribution in [-0.4, -0.2) is 32.4 Å². The maximum absolute atomic E-state index is 13.3. The zero-order valence-electron chi connectivity index (χ0n) is 10.6. The van der Waals surface area contributed by atoms with Gasteiger partial charge in [-0.3, -0.25) is 0 Å². The number of hydrogen-bond donors (Lipinski definition) is 1. The van der Waals surface area contributed by atoms with Crippen molar-refractivity contribution in [2.24, 2.45) is 11.1 Å². The Morgan fingerprint density at radius 1 is 1.53 bits per heavy atom. The molecule has 0 aliphatic carbocycles. The summed E-state index contributed by atoms with van der Waals surface area (Å²) in [5, 5.41) is 0. The highest BCUT2D eigenvalue weighted by atomic mass is 79.9. The first-order valence-electron chi connectivity index (χ1n) is 5.94. The summed E-state index contributed by atoms with van der Waals surface area (Å²) in [7, 11) is -3.68. The highest BCUT2D eigenvalue weighted by Crippen LogP contribution is 2.34. The second-order valence-corrected chi connectivity index (χ2v) is 7.94. The average Bonchev–Trinajstić information content (AvgIpc) is 2.76. The van der Waals surface area contributed by atoms with E-state index < -0.39 is 15.8 Å². The third-order valence-corrected chi connectivity index (χ3v) is 6.37. The van der Waals surface area contributed by atoms with Crippen LogP contribution in [0.2, 0.25) is 0 Å². The topological polar surface area (TPSA) is 63.4 Å². The molecule has 1 aliphatic heterocycles. The van der Waals surface area contributed by atoms with Crippen LogP contribution in [0.25, 0.3) is 0 Å². The third kappa shape index (κ3) is 2.84. The molecule has 1 aliphatic rings. The maximum atomic E-state index is 13.3. The van der Waals surface area contributed by atoms with Gasteiger partial charge in [0.25, 0.3) is 0 Å². The lowest BCUT2D eigenvalue weighted by molar-refractivity contribution is 0.349. The molecule has 0 bridgehead atoms. The van der Waals surface area contributed by atoms with E-state index in [2.05, 4.69) is 15.9 Å². The Kier molecular flexibility index (Phi) is 4.02. The molecule has 1 saturated heterocycles. The number of sulfonamides is 1. The van der Waals surface area contributed by atoms with Crippen LogP contribution >= 0.6 is 15.9 Å². The van der Waals surface area contributed by atoms with Crippen LogP contribution in [0, 0.1) is 11.2 Å². The van der Waals surface area contributed by atoms with Gasteiger partial charge in [0.1, 0.15) is 5.82 Å². The van der Waals surface area contributed by atoms with Crippen molar-refractivity contribution in [2.45, 2.75) is 18.2 Å². The van der Waals surface area contributed by atoms with Crippen molar-refractivity contribution in [3.63, 3.8) is 0 Å². The molecule has 1 atom stereocenters. The summed E-state index contributed by atoms with van der Waals surface area (Å²) in [5.41, 5.74) is 5.47. The molecule has 2 rings (SSSR count). The van der Waals surface area contributed by atoms with E-state index >= 15 is 0 Å². The second kappa shape index (κ2) is 5.12. The minimum atomic E-state index is -3.68. The third-order valence-electron chi connectivity index (χ3n) is 3.53. The lowest BCUT2D eigenvalue weighted by atomic mass is 9.90. The van der Waals surface area contributed by atoms with Crippen molar-refractivity contribution in [3.05, 3.63) is 28.5 Å². The van der Waals surface area contributed by atoms with E-state index in [0.29, 0.717) is 24.1 Å². The van der Waals surface area contributed by atoms with Crippen LogP contribution in [0.15, 0.2) is 27.6 Å². The Labute approximate surface area is 121 Å². The number of hydrogen-bond acceptors (Lipinski definition) is 3. The van der Waals surface area contributed by atoms with Gasteiger partial charge >= 0.3 is 0 Å². The normalized spacial score (nSPS) is 24.8. The van der Waals surface area contributed by atoms with Crippen LogP contribution in [0.5, 0.6) is 0 Å². The molecular formula is C12H16BrFN2O2S. The van der Waals surface area contributed by atoms with E-state index in [1.807, 2.05) is 6.92 Å². The first-order chi connectivity index (χ1) is 8.78. The predicted octanol–water partition coefficient (Wildman–Crippen LogP) is 1.95. The Morgan fingerprint density at radius 2 is 2.21 bits per heavy atom. The van der Waals surface area contributed by atoms with E-state index in [1.165, 1.54) is 16.4 Å². The standard InChI is InChI=1S/C12H16BrFN2O2S/c1-12(7-15)4-5-16(8-12)19(17,18)11-6-9(14)2-3-10(11)13/h2-3,6H,4-5,7-8,15H2,1H3. The molecule has 0 aromatic heterocycles. The largest absolute Gasteiger partial charge is 0.330 e. The molecule has 1 aromatic carbocycles. The Morgan fingerprint density at radius 3 is 2.79 bits per heavy atom. The summed E-state index contributed by atoms with van der Waals surface area (Å²) < 4.78 is 40.0. The van der Waals surface area contributed by atoms with Gasteiger partial charge in [-0.2, -0.15) is 4.31 Å². The van der Waals surface area contributed by atoms with Gasteiger partial charge in [-0.15, -0.1) is 0 Å². The van der Waals surface area contributed by atoms with Gasteiger partial charge in [-0.25, -0.2) is 12.8 Å². The number of benzene rings is 1. The molecule has 106 valence electrons. The van der Waals surface area contributed by atoms with Gasteiger partial charge in [-0.1, -0.05) is 6.92 Å². The van der Waals surface area contributed by atoms with Crippen molar-refractivity contribution >= 4 is 26.0 Å². The first kappa shape index (κ1) is 14.9. The van der Waals surface area contributed by atoms with E-state index in [1.54, 1.807) is 0 Å². The molecule has 0 radical (unpaired) electrons. The molecule has 0 amide bonds. The summed E-state index contributed by atoms with van der Waals surface area (Å²) in [4.78, 5) is -0.0335. The minimum absolute atomic E-state index is 0.0335. The van der Waals surface area contributed by atoms with Gasteiger partial charge in [0.2, 0.25) is 10.0 Å². The summed E-state index contributed by atoms with van der Waals surface area (Å²) in [5.74, 6) is -0.567. The molecule has 1 aromatic rings. The summed E-state index contributed by atoms with van der Waals surface area (Å²) in [6.07, 6.45) is 0.718. The average molecular weight is 351 g/mol. The number of halogens is 2.